The average molecular weight is 331 g/mol. The van der Waals surface area contributed by atoms with E-state index in [2.05, 4.69) is 10.6 Å². The lowest BCUT2D eigenvalue weighted by molar-refractivity contribution is -0.136. The van der Waals surface area contributed by atoms with Gasteiger partial charge in [0, 0.05) is 17.3 Å². The molecule has 2 rings (SSSR count). The molecular formula is C18H19ClN2O2. The summed E-state index contributed by atoms with van der Waals surface area (Å²) in [5, 5.41) is 5.89. The van der Waals surface area contributed by atoms with Crippen LogP contribution < -0.4 is 10.6 Å². The first-order valence-electron chi connectivity index (χ1n) is 7.38. The molecule has 2 aromatic rings. The lowest BCUT2D eigenvalue weighted by atomic mass is 10.1. The molecule has 0 bridgehead atoms. The Morgan fingerprint density at radius 1 is 1.00 bits per heavy atom. The highest BCUT2D eigenvalue weighted by atomic mass is 35.5. The molecule has 120 valence electrons. The van der Waals surface area contributed by atoms with Gasteiger partial charge in [0.1, 0.15) is 0 Å². The molecule has 2 N–H and O–H groups in total. The van der Waals surface area contributed by atoms with Crippen LogP contribution in [-0.4, -0.2) is 18.4 Å². The van der Waals surface area contributed by atoms with Crippen LogP contribution in [0, 0.1) is 13.8 Å². The summed E-state index contributed by atoms with van der Waals surface area (Å²) in [6.45, 7) is 4.21. The summed E-state index contributed by atoms with van der Waals surface area (Å²) in [5.74, 6) is -1.32. The van der Waals surface area contributed by atoms with E-state index in [4.69, 9.17) is 11.6 Å². The lowest BCUT2D eigenvalue weighted by Crippen LogP contribution is -2.36. The first-order chi connectivity index (χ1) is 11.0. The van der Waals surface area contributed by atoms with E-state index >= 15 is 0 Å². The zero-order chi connectivity index (χ0) is 16.8. The second-order valence-corrected chi connectivity index (χ2v) is 5.71. The number of hydrogen-bond acceptors (Lipinski definition) is 2. The monoisotopic (exact) mass is 330 g/mol. The molecule has 2 aromatic carbocycles. The summed E-state index contributed by atoms with van der Waals surface area (Å²) < 4.78 is 0. The number of carbonyl (C=O) groups is 2. The van der Waals surface area contributed by atoms with Gasteiger partial charge in [-0.25, -0.2) is 0 Å². The second-order valence-electron chi connectivity index (χ2n) is 5.30. The molecule has 0 aliphatic carbocycles. The molecule has 2 amide bonds. The normalized spacial score (nSPS) is 10.2. The van der Waals surface area contributed by atoms with E-state index in [0.717, 1.165) is 16.7 Å². The van der Waals surface area contributed by atoms with Gasteiger partial charge in [-0.05, 0) is 49.1 Å². The zero-order valence-corrected chi connectivity index (χ0v) is 13.9. The van der Waals surface area contributed by atoms with Gasteiger partial charge in [0.05, 0.1) is 0 Å². The third-order valence-electron chi connectivity index (χ3n) is 3.70. The van der Waals surface area contributed by atoms with Crippen molar-refractivity contribution in [1.82, 2.24) is 5.32 Å². The van der Waals surface area contributed by atoms with Crippen molar-refractivity contribution in [2.24, 2.45) is 0 Å². The van der Waals surface area contributed by atoms with Crippen molar-refractivity contribution in [3.63, 3.8) is 0 Å². The maximum atomic E-state index is 11.9. The quantitative estimate of drug-likeness (QED) is 0.845. The van der Waals surface area contributed by atoms with E-state index in [1.807, 2.05) is 44.2 Å². The summed E-state index contributed by atoms with van der Waals surface area (Å²) in [7, 11) is 0. The highest BCUT2D eigenvalue weighted by Gasteiger charge is 2.14. The van der Waals surface area contributed by atoms with E-state index in [1.165, 1.54) is 0 Å². The van der Waals surface area contributed by atoms with E-state index in [0.29, 0.717) is 23.7 Å². The molecule has 4 nitrogen and oxygen atoms in total. The minimum absolute atomic E-state index is 0.350. The Morgan fingerprint density at radius 2 is 1.74 bits per heavy atom. The fraction of sp³-hybridized carbons (Fsp3) is 0.222. The van der Waals surface area contributed by atoms with Gasteiger partial charge in [-0.1, -0.05) is 41.9 Å². The molecular weight excluding hydrogens is 312 g/mol. The molecule has 0 unspecified atom stereocenters. The fourth-order valence-corrected chi connectivity index (χ4v) is 2.39. The molecule has 0 aromatic heterocycles. The van der Waals surface area contributed by atoms with E-state index in [-0.39, 0.29) is 0 Å². The van der Waals surface area contributed by atoms with Crippen LogP contribution in [0.25, 0.3) is 0 Å². The van der Waals surface area contributed by atoms with Gasteiger partial charge >= 0.3 is 11.8 Å². The number of carbonyl (C=O) groups excluding carboxylic acids is 2. The summed E-state index contributed by atoms with van der Waals surface area (Å²) in [5.41, 5.74) is 3.59. The minimum atomic E-state index is -0.669. The van der Waals surface area contributed by atoms with Gasteiger partial charge in [0.25, 0.3) is 0 Å². The number of rotatable bonds is 4. The number of benzene rings is 2. The van der Waals surface area contributed by atoms with Crippen LogP contribution in [0.15, 0.2) is 42.5 Å². The SMILES string of the molecule is Cc1cccc(NC(=O)C(=O)NCCc2ccccc2Cl)c1C. The topological polar surface area (TPSA) is 58.2 Å². The van der Waals surface area contributed by atoms with Crippen molar-refractivity contribution in [2.45, 2.75) is 20.3 Å². The molecule has 23 heavy (non-hydrogen) atoms. The third-order valence-corrected chi connectivity index (χ3v) is 4.07. The van der Waals surface area contributed by atoms with Crippen LogP contribution in [0.3, 0.4) is 0 Å². The smallest absolute Gasteiger partial charge is 0.313 e. The minimum Gasteiger partial charge on any atom is -0.347 e. The molecule has 0 aliphatic rings. The number of halogens is 1. The highest BCUT2D eigenvalue weighted by Crippen LogP contribution is 2.18. The van der Waals surface area contributed by atoms with Crippen LogP contribution in [0.1, 0.15) is 16.7 Å². The molecule has 0 saturated heterocycles. The summed E-state index contributed by atoms with van der Waals surface area (Å²) >= 11 is 6.05. The largest absolute Gasteiger partial charge is 0.347 e. The predicted molar refractivity (Wildman–Crippen MR) is 92.7 cm³/mol. The molecule has 0 atom stereocenters. The van der Waals surface area contributed by atoms with Crippen LogP contribution in [-0.2, 0) is 16.0 Å². The first-order valence-corrected chi connectivity index (χ1v) is 7.75. The Kier molecular flexibility index (Phi) is 5.77. The Balaban J connectivity index is 1.87. The molecule has 0 spiro atoms. The van der Waals surface area contributed by atoms with Crippen molar-refractivity contribution in [3.05, 3.63) is 64.2 Å². The Bertz CT molecular complexity index is 729. The third kappa shape index (κ3) is 4.57. The molecule has 0 saturated carbocycles. The van der Waals surface area contributed by atoms with Crippen molar-refractivity contribution in [3.8, 4) is 0 Å². The van der Waals surface area contributed by atoms with Crippen molar-refractivity contribution in [1.29, 1.82) is 0 Å². The average Bonchev–Trinajstić information content (AvgIpc) is 2.53. The molecule has 0 radical (unpaired) electrons. The van der Waals surface area contributed by atoms with Gasteiger partial charge in [0.2, 0.25) is 0 Å². The maximum absolute atomic E-state index is 11.9. The molecule has 0 aliphatic heterocycles. The summed E-state index contributed by atoms with van der Waals surface area (Å²) in [6, 6.07) is 13.0. The first kappa shape index (κ1) is 17.0. The number of hydrogen-bond donors (Lipinski definition) is 2. The Morgan fingerprint density at radius 3 is 2.48 bits per heavy atom. The van der Waals surface area contributed by atoms with E-state index < -0.39 is 11.8 Å². The van der Waals surface area contributed by atoms with Crippen LogP contribution in [0.5, 0.6) is 0 Å². The Labute approximate surface area is 140 Å². The van der Waals surface area contributed by atoms with Gasteiger partial charge in [-0.15, -0.1) is 0 Å². The van der Waals surface area contributed by atoms with Gasteiger partial charge in [0.15, 0.2) is 0 Å². The van der Waals surface area contributed by atoms with Gasteiger partial charge in [-0.3, -0.25) is 9.59 Å². The van der Waals surface area contributed by atoms with Crippen molar-refractivity contribution in [2.75, 3.05) is 11.9 Å². The van der Waals surface area contributed by atoms with Crippen molar-refractivity contribution < 1.29 is 9.59 Å². The van der Waals surface area contributed by atoms with Crippen LogP contribution >= 0.6 is 11.6 Å². The molecule has 5 heteroatoms. The summed E-state index contributed by atoms with van der Waals surface area (Å²) in [6.07, 6.45) is 0.572. The molecule has 0 fully saturated rings. The zero-order valence-electron chi connectivity index (χ0n) is 13.2. The molecule has 0 heterocycles. The number of anilines is 1. The predicted octanol–water partition coefficient (Wildman–Crippen LogP) is 3.25. The Hall–Kier alpha value is -2.33. The van der Waals surface area contributed by atoms with Crippen molar-refractivity contribution >= 4 is 29.1 Å². The van der Waals surface area contributed by atoms with Crippen LogP contribution in [0.4, 0.5) is 5.69 Å². The standard InChI is InChI=1S/C18H19ClN2O2/c1-12-6-5-9-16(13(12)2)21-18(23)17(22)20-11-10-14-7-3-4-8-15(14)19/h3-9H,10-11H2,1-2H3,(H,20,22)(H,21,23). The number of aryl methyl sites for hydroxylation is 1. The fourth-order valence-electron chi connectivity index (χ4n) is 2.16. The maximum Gasteiger partial charge on any atom is 0.313 e. The summed E-state index contributed by atoms with van der Waals surface area (Å²) in [4.78, 5) is 23.8. The number of amides is 2. The van der Waals surface area contributed by atoms with E-state index in [1.54, 1.807) is 12.1 Å². The van der Waals surface area contributed by atoms with Gasteiger partial charge in [-0.2, -0.15) is 0 Å². The lowest BCUT2D eigenvalue weighted by Gasteiger charge is -2.10. The van der Waals surface area contributed by atoms with Gasteiger partial charge < -0.3 is 10.6 Å². The highest BCUT2D eigenvalue weighted by molar-refractivity contribution is 6.39. The number of nitrogens with one attached hydrogen (secondary N) is 2. The second kappa shape index (κ2) is 7.79. The van der Waals surface area contributed by atoms with Crippen LogP contribution in [0.2, 0.25) is 5.02 Å². The van der Waals surface area contributed by atoms with E-state index in [9.17, 15) is 9.59 Å².